The van der Waals surface area contributed by atoms with Crippen molar-refractivity contribution in [2.24, 2.45) is 5.73 Å². The predicted octanol–water partition coefficient (Wildman–Crippen LogP) is 2.31. The summed E-state index contributed by atoms with van der Waals surface area (Å²) in [6, 6.07) is 7.38. The summed E-state index contributed by atoms with van der Waals surface area (Å²) in [7, 11) is 0. The van der Waals surface area contributed by atoms with E-state index in [9.17, 15) is 4.39 Å². The molecule has 0 amide bonds. The quantitative estimate of drug-likeness (QED) is 0.832. The van der Waals surface area contributed by atoms with Crippen LogP contribution in [0, 0.1) is 5.82 Å². The van der Waals surface area contributed by atoms with Crippen LogP contribution in [-0.4, -0.2) is 24.0 Å². The average Bonchev–Trinajstić information content (AvgIpc) is 2.29. The molecule has 1 aliphatic heterocycles. The van der Waals surface area contributed by atoms with Crippen LogP contribution in [0.3, 0.4) is 0 Å². The van der Waals surface area contributed by atoms with Crippen molar-refractivity contribution in [2.45, 2.75) is 31.8 Å². The van der Waals surface area contributed by atoms with Gasteiger partial charge in [0.25, 0.3) is 0 Å². The largest absolute Gasteiger partial charge is 0.327 e. The van der Waals surface area contributed by atoms with E-state index in [0.29, 0.717) is 6.04 Å². The summed E-state index contributed by atoms with van der Waals surface area (Å²) in [5, 5.41) is 0. The molecular weight excluding hydrogens is 203 g/mol. The van der Waals surface area contributed by atoms with Crippen LogP contribution in [0.15, 0.2) is 24.3 Å². The summed E-state index contributed by atoms with van der Waals surface area (Å²) in [5.74, 6) is -0.175. The number of nitrogens with zero attached hydrogens (tertiary/aromatic N) is 1. The summed E-state index contributed by atoms with van der Waals surface area (Å²) < 4.78 is 12.8. The Balaban J connectivity index is 2.06. The highest BCUT2D eigenvalue weighted by Crippen LogP contribution is 2.23. The van der Waals surface area contributed by atoms with E-state index in [1.165, 1.54) is 12.1 Å². The van der Waals surface area contributed by atoms with Crippen molar-refractivity contribution in [3.63, 3.8) is 0 Å². The van der Waals surface area contributed by atoms with E-state index in [-0.39, 0.29) is 11.9 Å². The molecule has 2 atom stereocenters. The molecule has 2 rings (SSSR count). The normalized spacial score (nSPS) is 24.3. The van der Waals surface area contributed by atoms with Crippen LogP contribution in [0.2, 0.25) is 0 Å². The first kappa shape index (κ1) is 11.6. The fourth-order valence-electron chi connectivity index (χ4n) is 2.34. The van der Waals surface area contributed by atoms with Crippen molar-refractivity contribution in [3.8, 4) is 0 Å². The second kappa shape index (κ2) is 4.93. The molecule has 88 valence electrons. The lowest BCUT2D eigenvalue weighted by atomic mass is 10.0. The fourth-order valence-corrected chi connectivity index (χ4v) is 2.34. The molecule has 1 aliphatic rings. The van der Waals surface area contributed by atoms with Gasteiger partial charge in [-0.25, -0.2) is 4.39 Å². The SMILES string of the molecule is CC(c1ccc(F)cc1)N1CCCC(N)C1. The summed E-state index contributed by atoms with van der Waals surface area (Å²) in [4.78, 5) is 2.38. The minimum absolute atomic E-state index is 0.175. The monoisotopic (exact) mass is 222 g/mol. The molecular formula is C13H19FN2. The topological polar surface area (TPSA) is 29.3 Å². The Morgan fingerprint density at radius 1 is 1.38 bits per heavy atom. The molecule has 0 radical (unpaired) electrons. The second-order valence-electron chi connectivity index (χ2n) is 4.62. The van der Waals surface area contributed by atoms with Crippen molar-refractivity contribution in [1.29, 1.82) is 0 Å². The molecule has 2 nitrogen and oxygen atoms in total. The van der Waals surface area contributed by atoms with Crippen LogP contribution >= 0.6 is 0 Å². The first-order valence-corrected chi connectivity index (χ1v) is 5.92. The van der Waals surface area contributed by atoms with Crippen molar-refractivity contribution >= 4 is 0 Å². The van der Waals surface area contributed by atoms with Crippen LogP contribution in [0.25, 0.3) is 0 Å². The molecule has 1 fully saturated rings. The zero-order valence-electron chi connectivity index (χ0n) is 9.70. The third-order valence-electron chi connectivity index (χ3n) is 3.39. The van der Waals surface area contributed by atoms with Crippen LogP contribution in [0.1, 0.15) is 31.4 Å². The molecule has 1 heterocycles. The van der Waals surface area contributed by atoms with E-state index in [2.05, 4.69) is 11.8 Å². The summed E-state index contributed by atoms with van der Waals surface area (Å²) in [5.41, 5.74) is 7.13. The zero-order chi connectivity index (χ0) is 11.5. The van der Waals surface area contributed by atoms with E-state index in [0.717, 1.165) is 31.5 Å². The Morgan fingerprint density at radius 2 is 2.06 bits per heavy atom. The van der Waals surface area contributed by atoms with Crippen LogP contribution in [0.5, 0.6) is 0 Å². The molecule has 3 heteroatoms. The lowest BCUT2D eigenvalue weighted by Crippen LogP contribution is -2.43. The van der Waals surface area contributed by atoms with Crippen LogP contribution in [0.4, 0.5) is 4.39 Å². The molecule has 0 saturated carbocycles. The maximum atomic E-state index is 12.8. The molecule has 1 aromatic rings. The van der Waals surface area contributed by atoms with Gasteiger partial charge in [0.2, 0.25) is 0 Å². The zero-order valence-corrected chi connectivity index (χ0v) is 9.70. The number of rotatable bonds is 2. The van der Waals surface area contributed by atoms with Gasteiger partial charge in [-0.2, -0.15) is 0 Å². The molecule has 0 aromatic heterocycles. The number of hydrogen-bond donors (Lipinski definition) is 1. The van der Waals surface area contributed by atoms with Gasteiger partial charge in [0, 0.05) is 18.6 Å². The van der Waals surface area contributed by atoms with Gasteiger partial charge in [-0.3, -0.25) is 4.90 Å². The van der Waals surface area contributed by atoms with E-state index < -0.39 is 0 Å². The van der Waals surface area contributed by atoms with Gasteiger partial charge in [-0.05, 0) is 44.0 Å². The van der Waals surface area contributed by atoms with Gasteiger partial charge >= 0.3 is 0 Å². The Kier molecular flexibility index (Phi) is 3.56. The van der Waals surface area contributed by atoms with Crippen molar-refractivity contribution in [2.75, 3.05) is 13.1 Å². The Labute approximate surface area is 96.2 Å². The van der Waals surface area contributed by atoms with E-state index in [1.54, 1.807) is 0 Å². The molecule has 1 aromatic carbocycles. The number of likely N-dealkylation sites (tertiary alicyclic amines) is 1. The van der Waals surface area contributed by atoms with E-state index in [4.69, 9.17) is 5.73 Å². The van der Waals surface area contributed by atoms with Gasteiger partial charge < -0.3 is 5.73 Å². The van der Waals surface area contributed by atoms with Gasteiger partial charge in [0.05, 0.1) is 0 Å². The second-order valence-corrected chi connectivity index (χ2v) is 4.62. The third kappa shape index (κ3) is 2.60. The predicted molar refractivity (Wildman–Crippen MR) is 63.6 cm³/mol. The number of halogens is 1. The summed E-state index contributed by atoms with van der Waals surface area (Å²) in [6.45, 7) is 4.19. The standard InChI is InChI=1S/C13H19FN2/c1-10(11-4-6-12(14)7-5-11)16-8-2-3-13(15)9-16/h4-7,10,13H,2-3,8-9,15H2,1H3. The van der Waals surface area contributed by atoms with E-state index in [1.807, 2.05) is 12.1 Å². The van der Waals surface area contributed by atoms with Crippen molar-refractivity contribution in [3.05, 3.63) is 35.6 Å². The lowest BCUT2D eigenvalue weighted by Gasteiger charge is -2.35. The molecule has 2 unspecified atom stereocenters. The Morgan fingerprint density at radius 3 is 2.69 bits per heavy atom. The van der Waals surface area contributed by atoms with Crippen LogP contribution < -0.4 is 5.73 Å². The first-order valence-electron chi connectivity index (χ1n) is 5.92. The molecule has 0 aliphatic carbocycles. The molecule has 2 N–H and O–H groups in total. The smallest absolute Gasteiger partial charge is 0.123 e. The van der Waals surface area contributed by atoms with Gasteiger partial charge in [0.1, 0.15) is 5.82 Å². The highest BCUT2D eigenvalue weighted by molar-refractivity contribution is 5.19. The maximum absolute atomic E-state index is 12.8. The van der Waals surface area contributed by atoms with Gasteiger partial charge in [-0.15, -0.1) is 0 Å². The number of nitrogens with two attached hydrogens (primary N) is 1. The van der Waals surface area contributed by atoms with Gasteiger partial charge in [-0.1, -0.05) is 12.1 Å². The summed E-state index contributed by atoms with van der Waals surface area (Å²) >= 11 is 0. The number of benzene rings is 1. The number of hydrogen-bond acceptors (Lipinski definition) is 2. The molecule has 16 heavy (non-hydrogen) atoms. The fraction of sp³-hybridized carbons (Fsp3) is 0.538. The average molecular weight is 222 g/mol. The molecule has 0 spiro atoms. The highest BCUT2D eigenvalue weighted by atomic mass is 19.1. The first-order chi connectivity index (χ1) is 7.66. The maximum Gasteiger partial charge on any atom is 0.123 e. The van der Waals surface area contributed by atoms with Crippen molar-refractivity contribution < 1.29 is 4.39 Å². The minimum Gasteiger partial charge on any atom is -0.327 e. The van der Waals surface area contributed by atoms with E-state index >= 15 is 0 Å². The van der Waals surface area contributed by atoms with Gasteiger partial charge in [0.15, 0.2) is 0 Å². The minimum atomic E-state index is -0.175. The molecule has 1 saturated heterocycles. The third-order valence-corrected chi connectivity index (χ3v) is 3.39. The molecule has 0 bridgehead atoms. The van der Waals surface area contributed by atoms with Crippen LogP contribution in [-0.2, 0) is 0 Å². The number of piperidine rings is 1. The summed E-state index contributed by atoms with van der Waals surface area (Å²) in [6.07, 6.45) is 2.28. The Bertz CT molecular complexity index is 336. The highest BCUT2D eigenvalue weighted by Gasteiger charge is 2.21. The Hall–Kier alpha value is -0.930. The lowest BCUT2D eigenvalue weighted by molar-refractivity contribution is 0.159. The van der Waals surface area contributed by atoms with Crippen molar-refractivity contribution in [1.82, 2.24) is 4.90 Å².